The number of likely N-dealkylation sites (tertiary alicyclic amines) is 1. The third-order valence-corrected chi connectivity index (χ3v) is 3.46. The van der Waals surface area contributed by atoms with Crippen LogP contribution in [-0.4, -0.2) is 37.9 Å². The summed E-state index contributed by atoms with van der Waals surface area (Å²) in [6.45, 7) is 3.25. The molecule has 0 saturated carbocycles. The van der Waals surface area contributed by atoms with Gasteiger partial charge in [-0.3, -0.25) is 4.90 Å². The summed E-state index contributed by atoms with van der Waals surface area (Å²) < 4.78 is 41.1. The zero-order valence-electron chi connectivity index (χ0n) is 11.8. The van der Waals surface area contributed by atoms with Crippen molar-refractivity contribution in [3.05, 3.63) is 29.8 Å². The molecular formula is C14H20ClF3N2O. The van der Waals surface area contributed by atoms with Crippen LogP contribution in [0.15, 0.2) is 24.3 Å². The number of hydrogen-bond donors (Lipinski definition) is 1. The maximum atomic E-state index is 12.4. The van der Waals surface area contributed by atoms with E-state index in [-0.39, 0.29) is 18.2 Å². The Morgan fingerprint density at radius 2 is 2.05 bits per heavy atom. The second-order valence-corrected chi connectivity index (χ2v) is 5.10. The van der Waals surface area contributed by atoms with Gasteiger partial charge in [-0.2, -0.15) is 0 Å². The molecule has 0 aliphatic carbocycles. The average molecular weight is 325 g/mol. The summed E-state index contributed by atoms with van der Waals surface area (Å²) in [4.78, 5) is 2.17. The van der Waals surface area contributed by atoms with Gasteiger partial charge in [-0.1, -0.05) is 18.2 Å². The molecule has 1 heterocycles. The number of nitrogens with zero attached hydrogens (tertiary/aromatic N) is 1. The lowest BCUT2D eigenvalue weighted by Gasteiger charge is -2.19. The monoisotopic (exact) mass is 324 g/mol. The Balaban J connectivity index is 0.00000220. The van der Waals surface area contributed by atoms with Gasteiger partial charge in [-0.05, 0) is 38.5 Å². The number of para-hydroxylation sites is 1. The minimum absolute atomic E-state index is 0. The fourth-order valence-corrected chi connectivity index (χ4v) is 2.61. The predicted octanol–water partition coefficient (Wildman–Crippen LogP) is 3.05. The zero-order chi connectivity index (χ0) is 14.6. The molecule has 1 aliphatic rings. The number of nitrogens with one attached hydrogen (secondary N) is 1. The molecule has 1 atom stereocenters. The number of ether oxygens (including phenoxy) is 1. The molecule has 0 bridgehead atoms. The molecule has 0 spiro atoms. The van der Waals surface area contributed by atoms with Crippen molar-refractivity contribution in [2.24, 2.45) is 5.92 Å². The largest absolute Gasteiger partial charge is 0.573 e. The van der Waals surface area contributed by atoms with Crippen LogP contribution < -0.4 is 10.1 Å². The highest BCUT2D eigenvalue weighted by molar-refractivity contribution is 5.85. The standard InChI is InChI=1S/C14H19F3N2O.ClH/c1-18-8-11-6-7-19(9-11)10-12-4-2-3-5-13(12)20-14(15,16)17;/h2-5,11,18H,6-10H2,1H3;1H. The van der Waals surface area contributed by atoms with E-state index in [4.69, 9.17) is 0 Å². The van der Waals surface area contributed by atoms with Gasteiger partial charge in [0.25, 0.3) is 0 Å². The van der Waals surface area contributed by atoms with E-state index in [1.54, 1.807) is 18.2 Å². The minimum atomic E-state index is -4.64. The van der Waals surface area contributed by atoms with E-state index in [1.807, 2.05) is 7.05 Å². The molecule has 1 fully saturated rings. The lowest BCUT2D eigenvalue weighted by molar-refractivity contribution is -0.275. The molecule has 0 radical (unpaired) electrons. The van der Waals surface area contributed by atoms with Crippen LogP contribution in [0.4, 0.5) is 13.2 Å². The zero-order valence-corrected chi connectivity index (χ0v) is 12.6. The van der Waals surface area contributed by atoms with Gasteiger partial charge >= 0.3 is 6.36 Å². The van der Waals surface area contributed by atoms with Crippen LogP contribution in [0, 0.1) is 5.92 Å². The molecule has 21 heavy (non-hydrogen) atoms. The van der Waals surface area contributed by atoms with Gasteiger partial charge in [0.05, 0.1) is 0 Å². The Hall–Kier alpha value is -0.980. The summed E-state index contributed by atoms with van der Waals surface area (Å²) >= 11 is 0. The number of rotatable bonds is 5. The molecule has 7 heteroatoms. The highest BCUT2D eigenvalue weighted by Crippen LogP contribution is 2.28. The lowest BCUT2D eigenvalue weighted by Crippen LogP contribution is -2.25. The first-order chi connectivity index (χ1) is 9.48. The van der Waals surface area contributed by atoms with E-state index in [0.717, 1.165) is 26.1 Å². The van der Waals surface area contributed by atoms with Crippen molar-refractivity contribution in [1.82, 2.24) is 10.2 Å². The molecule has 0 aromatic heterocycles. The smallest absolute Gasteiger partial charge is 0.405 e. The first-order valence-electron chi connectivity index (χ1n) is 6.68. The molecule has 1 N–H and O–H groups in total. The molecule has 1 unspecified atom stereocenters. The molecule has 2 rings (SSSR count). The topological polar surface area (TPSA) is 24.5 Å². The summed E-state index contributed by atoms with van der Waals surface area (Å²) in [5.41, 5.74) is 0.579. The minimum Gasteiger partial charge on any atom is -0.405 e. The summed E-state index contributed by atoms with van der Waals surface area (Å²) in [6.07, 6.45) is -3.57. The van der Waals surface area contributed by atoms with Gasteiger partial charge in [0, 0.05) is 18.7 Å². The number of benzene rings is 1. The second-order valence-electron chi connectivity index (χ2n) is 5.10. The second kappa shape index (κ2) is 7.87. The molecule has 1 aliphatic heterocycles. The Morgan fingerprint density at radius 3 is 2.71 bits per heavy atom. The SMILES string of the molecule is CNCC1CCN(Cc2ccccc2OC(F)(F)F)C1.Cl. The Morgan fingerprint density at radius 1 is 1.33 bits per heavy atom. The van der Waals surface area contributed by atoms with E-state index in [9.17, 15) is 13.2 Å². The normalized spacial score (nSPS) is 19.3. The summed E-state index contributed by atoms with van der Waals surface area (Å²) in [5.74, 6) is 0.466. The van der Waals surface area contributed by atoms with Gasteiger partial charge in [0.15, 0.2) is 0 Å². The highest BCUT2D eigenvalue weighted by Gasteiger charge is 2.32. The van der Waals surface area contributed by atoms with Crippen LogP contribution >= 0.6 is 12.4 Å². The van der Waals surface area contributed by atoms with E-state index >= 15 is 0 Å². The van der Waals surface area contributed by atoms with Gasteiger partial charge in [0.1, 0.15) is 5.75 Å². The van der Waals surface area contributed by atoms with Crippen LogP contribution in [0.3, 0.4) is 0 Å². The first kappa shape index (κ1) is 18.1. The third-order valence-electron chi connectivity index (χ3n) is 3.46. The van der Waals surface area contributed by atoms with Crippen LogP contribution in [0.1, 0.15) is 12.0 Å². The fraction of sp³-hybridized carbons (Fsp3) is 0.571. The first-order valence-corrected chi connectivity index (χ1v) is 6.68. The molecule has 3 nitrogen and oxygen atoms in total. The Kier molecular flexibility index (Phi) is 6.77. The van der Waals surface area contributed by atoms with E-state index in [0.29, 0.717) is 18.0 Å². The molecule has 120 valence electrons. The van der Waals surface area contributed by atoms with Crippen molar-refractivity contribution in [2.75, 3.05) is 26.7 Å². The Labute approximate surface area is 128 Å². The van der Waals surface area contributed by atoms with Crippen LogP contribution in [0.25, 0.3) is 0 Å². The maximum absolute atomic E-state index is 12.4. The van der Waals surface area contributed by atoms with Gasteiger partial charge in [-0.15, -0.1) is 25.6 Å². The van der Waals surface area contributed by atoms with Crippen molar-refractivity contribution in [3.8, 4) is 5.75 Å². The fourth-order valence-electron chi connectivity index (χ4n) is 2.61. The quantitative estimate of drug-likeness (QED) is 0.901. The van der Waals surface area contributed by atoms with Crippen LogP contribution in [0.5, 0.6) is 5.75 Å². The van der Waals surface area contributed by atoms with Crippen molar-refractivity contribution >= 4 is 12.4 Å². The van der Waals surface area contributed by atoms with Crippen LogP contribution in [0.2, 0.25) is 0 Å². The summed E-state index contributed by atoms with van der Waals surface area (Å²) in [6, 6.07) is 6.34. The van der Waals surface area contributed by atoms with Gasteiger partial charge in [-0.25, -0.2) is 0 Å². The lowest BCUT2D eigenvalue weighted by atomic mass is 10.1. The van der Waals surface area contributed by atoms with E-state index in [2.05, 4.69) is 15.0 Å². The maximum Gasteiger partial charge on any atom is 0.573 e. The van der Waals surface area contributed by atoms with Crippen molar-refractivity contribution < 1.29 is 17.9 Å². The van der Waals surface area contributed by atoms with Crippen molar-refractivity contribution in [3.63, 3.8) is 0 Å². The number of hydrogen-bond acceptors (Lipinski definition) is 3. The summed E-state index contributed by atoms with van der Waals surface area (Å²) in [5, 5.41) is 3.14. The highest BCUT2D eigenvalue weighted by atomic mass is 35.5. The number of alkyl halides is 3. The van der Waals surface area contributed by atoms with E-state index < -0.39 is 6.36 Å². The van der Waals surface area contributed by atoms with Gasteiger partial charge in [0.2, 0.25) is 0 Å². The molecule has 0 amide bonds. The molecular weight excluding hydrogens is 305 g/mol. The van der Waals surface area contributed by atoms with Crippen LogP contribution in [-0.2, 0) is 6.54 Å². The van der Waals surface area contributed by atoms with Crippen molar-refractivity contribution in [1.29, 1.82) is 0 Å². The molecule has 1 saturated heterocycles. The average Bonchev–Trinajstić information content (AvgIpc) is 2.78. The molecule has 1 aromatic carbocycles. The molecule has 1 aromatic rings. The number of halogens is 4. The predicted molar refractivity (Wildman–Crippen MR) is 77.7 cm³/mol. The summed E-state index contributed by atoms with van der Waals surface area (Å²) in [7, 11) is 1.91. The third kappa shape index (κ3) is 5.73. The Bertz CT molecular complexity index is 442. The van der Waals surface area contributed by atoms with Gasteiger partial charge < -0.3 is 10.1 Å². The van der Waals surface area contributed by atoms with E-state index in [1.165, 1.54) is 6.07 Å². The van der Waals surface area contributed by atoms with Crippen molar-refractivity contribution in [2.45, 2.75) is 19.3 Å².